The Kier molecular flexibility index (Phi) is 7.42. The molecule has 1 aliphatic carbocycles. The van der Waals surface area contributed by atoms with Gasteiger partial charge in [-0.1, -0.05) is 178 Å². The van der Waals surface area contributed by atoms with Gasteiger partial charge < -0.3 is 9.64 Å². The third-order valence-electron chi connectivity index (χ3n) is 11.6. The van der Waals surface area contributed by atoms with Crippen LogP contribution in [0.15, 0.2) is 200 Å². The van der Waals surface area contributed by atoms with E-state index >= 15 is 0 Å². The molecule has 1 aliphatic heterocycles. The minimum atomic E-state index is -0.460. The monoisotopic (exact) mass is 693 g/mol. The maximum Gasteiger partial charge on any atom is 0.155 e. The van der Waals surface area contributed by atoms with E-state index in [0.717, 1.165) is 28.6 Å². The Morgan fingerprint density at radius 1 is 0.389 bits per heavy atom. The summed E-state index contributed by atoms with van der Waals surface area (Å²) in [5, 5.41) is 0. The third kappa shape index (κ3) is 4.80. The molecule has 0 radical (unpaired) electrons. The van der Waals surface area contributed by atoms with Gasteiger partial charge in [-0.25, -0.2) is 0 Å². The number of anilines is 3. The van der Waals surface area contributed by atoms with Gasteiger partial charge in [0.2, 0.25) is 0 Å². The molecule has 10 rings (SSSR count). The first kappa shape index (κ1) is 32.0. The van der Waals surface area contributed by atoms with Crippen molar-refractivity contribution in [3.05, 3.63) is 234 Å². The van der Waals surface area contributed by atoms with Gasteiger partial charge >= 0.3 is 0 Å². The summed E-state index contributed by atoms with van der Waals surface area (Å²) in [5.41, 5.74) is 14.9. The van der Waals surface area contributed by atoms with E-state index in [0.29, 0.717) is 0 Å². The van der Waals surface area contributed by atoms with E-state index in [-0.39, 0.29) is 5.41 Å². The molecule has 0 atom stereocenters. The molecule has 8 aromatic rings. The van der Waals surface area contributed by atoms with Crippen molar-refractivity contribution in [2.24, 2.45) is 0 Å². The summed E-state index contributed by atoms with van der Waals surface area (Å²) in [6.07, 6.45) is 0. The molecule has 258 valence electrons. The molecule has 0 saturated carbocycles. The maximum absolute atomic E-state index is 6.88. The number of nitrogens with zero attached hydrogens (tertiary/aromatic N) is 1. The Hall–Kier alpha value is -6.64. The highest BCUT2D eigenvalue weighted by Crippen LogP contribution is 2.57. The van der Waals surface area contributed by atoms with E-state index in [1.807, 2.05) is 0 Å². The average molecular weight is 694 g/mol. The average Bonchev–Trinajstić information content (AvgIpc) is 3.54. The molecule has 0 aromatic heterocycles. The fraction of sp³-hybridized carbons (Fsp3) is 0.0769. The maximum atomic E-state index is 6.88. The minimum Gasteiger partial charge on any atom is -0.455 e. The third-order valence-corrected chi connectivity index (χ3v) is 11.6. The van der Waals surface area contributed by atoms with Crippen LogP contribution in [0.2, 0.25) is 0 Å². The molecule has 0 spiro atoms. The minimum absolute atomic E-state index is 0.238. The number of benzene rings is 8. The largest absolute Gasteiger partial charge is 0.455 e. The molecule has 0 saturated heterocycles. The quantitative estimate of drug-likeness (QED) is 0.172. The summed E-state index contributed by atoms with van der Waals surface area (Å²) in [7, 11) is 0. The predicted octanol–water partition coefficient (Wildman–Crippen LogP) is 13.6. The van der Waals surface area contributed by atoms with Crippen LogP contribution in [0.3, 0.4) is 0 Å². The fourth-order valence-corrected chi connectivity index (χ4v) is 9.06. The topological polar surface area (TPSA) is 12.5 Å². The van der Waals surface area contributed by atoms with Gasteiger partial charge in [-0.2, -0.15) is 0 Å². The number of hydrogen-bond acceptors (Lipinski definition) is 2. The molecular formula is C52H39NO. The van der Waals surface area contributed by atoms with E-state index in [1.165, 1.54) is 55.6 Å². The van der Waals surface area contributed by atoms with Gasteiger partial charge in [0.15, 0.2) is 5.75 Å². The van der Waals surface area contributed by atoms with Crippen molar-refractivity contribution < 1.29 is 4.74 Å². The summed E-state index contributed by atoms with van der Waals surface area (Å²) in [6, 6.07) is 72.5. The van der Waals surface area contributed by atoms with Crippen molar-refractivity contribution in [3.63, 3.8) is 0 Å². The molecule has 0 unspecified atom stereocenters. The van der Waals surface area contributed by atoms with Gasteiger partial charge in [-0.3, -0.25) is 0 Å². The number of rotatable bonds is 6. The van der Waals surface area contributed by atoms with Gasteiger partial charge in [0.1, 0.15) is 5.75 Å². The lowest BCUT2D eigenvalue weighted by molar-refractivity contribution is 0.419. The first-order valence-corrected chi connectivity index (χ1v) is 18.8. The van der Waals surface area contributed by atoms with Gasteiger partial charge in [0.05, 0.1) is 11.1 Å². The molecule has 0 bridgehead atoms. The molecule has 0 fully saturated rings. The lowest BCUT2D eigenvalue weighted by Crippen LogP contribution is -2.28. The Balaban J connectivity index is 1.16. The zero-order chi connectivity index (χ0) is 36.3. The second-order valence-corrected chi connectivity index (χ2v) is 14.9. The smallest absolute Gasteiger partial charge is 0.155 e. The van der Waals surface area contributed by atoms with Crippen molar-refractivity contribution in [2.45, 2.75) is 24.7 Å². The van der Waals surface area contributed by atoms with E-state index < -0.39 is 5.41 Å². The lowest BCUT2D eigenvalue weighted by atomic mass is 9.68. The van der Waals surface area contributed by atoms with E-state index in [4.69, 9.17) is 4.74 Å². The van der Waals surface area contributed by atoms with Crippen LogP contribution in [0.1, 0.15) is 47.2 Å². The molecule has 1 heterocycles. The lowest BCUT2D eigenvalue weighted by Gasteiger charge is -2.38. The standard InChI is InChI=1S/C52H39NO/c1-51(2)46-24-13-14-27-49(46)54-50-47(51)25-15-26-48(50)53(40-32-28-37(29-33-40)36-16-5-3-6-17-36)41-34-30-39(31-35-41)52(38-18-7-4-8-19-38)44-22-11-9-20-42(44)43-21-10-12-23-45(43)52/h3-35H,1-2H3. The molecule has 54 heavy (non-hydrogen) atoms. The van der Waals surface area contributed by atoms with Crippen LogP contribution in [-0.4, -0.2) is 0 Å². The summed E-state index contributed by atoms with van der Waals surface area (Å²) in [4.78, 5) is 2.35. The van der Waals surface area contributed by atoms with Gasteiger partial charge in [-0.05, 0) is 80.9 Å². The van der Waals surface area contributed by atoms with Crippen LogP contribution in [0.25, 0.3) is 22.3 Å². The normalized spacial score (nSPS) is 14.2. The van der Waals surface area contributed by atoms with Gasteiger partial charge in [0.25, 0.3) is 0 Å². The van der Waals surface area contributed by atoms with Crippen molar-refractivity contribution in [2.75, 3.05) is 4.90 Å². The fourth-order valence-electron chi connectivity index (χ4n) is 9.06. The molecule has 0 amide bonds. The Bertz CT molecular complexity index is 2600. The number of fused-ring (bicyclic) bond motifs is 5. The van der Waals surface area contributed by atoms with E-state index in [2.05, 4.69) is 219 Å². The highest BCUT2D eigenvalue weighted by Gasteiger charge is 2.46. The van der Waals surface area contributed by atoms with Crippen LogP contribution in [0.4, 0.5) is 17.1 Å². The molecule has 2 heteroatoms. The Labute approximate surface area is 317 Å². The van der Waals surface area contributed by atoms with Crippen LogP contribution in [0, 0.1) is 0 Å². The summed E-state index contributed by atoms with van der Waals surface area (Å²) in [5.74, 6) is 1.79. The SMILES string of the molecule is CC1(C)c2ccccc2Oc2c(N(c3ccc(-c4ccccc4)cc3)c3ccc(C4(c5ccccc5)c5ccccc5-c5ccccc54)cc3)cccc21. The highest BCUT2D eigenvalue weighted by atomic mass is 16.5. The van der Waals surface area contributed by atoms with E-state index in [1.54, 1.807) is 0 Å². The van der Waals surface area contributed by atoms with Crippen molar-refractivity contribution in [3.8, 4) is 33.8 Å². The van der Waals surface area contributed by atoms with Gasteiger partial charge in [-0.15, -0.1) is 0 Å². The molecular weight excluding hydrogens is 655 g/mol. The van der Waals surface area contributed by atoms with Crippen LogP contribution in [0.5, 0.6) is 11.5 Å². The van der Waals surface area contributed by atoms with Gasteiger partial charge in [0, 0.05) is 27.9 Å². The number of hydrogen-bond donors (Lipinski definition) is 0. The number of para-hydroxylation sites is 2. The molecule has 8 aromatic carbocycles. The second-order valence-electron chi connectivity index (χ2n) is 14.9. The zero-order valence-corrected chi connectivity index (χ0v) is 30.4. The van der Waals surface area contributed by atoms with E-state index in [9.17, 15) is 0 Å². The molecule has 2 nitrogen and oxygen atoms in total. The van der Waals surface area contributed by atoms with Crippen molar-refractivity contribution >= 4 is 17.1 Å². The second kappa shape index (κ2) is 12.5. The Morgan fingerprint density at radius 3 is 1.52 bits per heavy atom. The summed E-state index contributed by atoms with van der Waals surface area (Å²) < 4.78 is 6.88. The first-order valence-electron chi connectivity index (χ1n) is 18.8. The predicted molar refractivity (Wildman–Crippen MR) is 223 cm³/mol. The van der Waals surface area contributed by atoms with Crippen LogP contribution >= 0.6 is 0 Å². The molecule has 2 aliphatic rings. The molecule has 0 N–H and O–H groups in total. The summed E-state index contributed by atoms with van der Waals surface area (Å²) in [6.45, 7) is 4.59. The highest BCUT2D eigenvalue weighted by molar-refractivity contribution is 5.88. The van der Waals surface area contributed by atoms with Crippen LogP contribution in [-0.2, 0) is 10.8 Å². The van der Waals surface area contributed by atoms with Crippen molar-refractivity contribution in [1.82, 2.24) is 0 Å². The van der Waals surface area contributed by atoms with Crippen LogP contribution < -0.4 is 9.64 Å². The van der Waals surface area contributed by atoms with Crippen molar-refractivity contribution in [1.29, 1.82) is 0 Å². The Morgan fingerprint density at radius 2 is 0.870 bits per heavy atom. The zero-order valence-electron chi connectivity index (χ0n) is 30.4. The summed E-state index contributed by atoms with van der Waals surface area (Å²) >= 11 is 0. The first-order chi connectivity index (χ1) is 26.5. The number of ether oxygens (including phenoxy) is 1.